The van der Waals surface area contributed by atoms with Crippen LogP contribution in [0.15, 0.2) is 48.5 Å². The van der Waals surface area contributed by atoms with E-state index in [-0.39, 0.29) is 12.5 Å². The molecular formula is C28H34N4O6. The molecule has 4 amide bonds. The average molecular weight is 523 g/mol. The number of benzene rings is 2. The Morgan fingerprint density at radius 1 is 0.921 bits per heavy atom. The number of rotatable bonds is 5. The van der Waals surface area contributed by atoms with Gasteiger partial charge in [-0.05, 0) is 62.3 Å². The molecule has 1 atom stereocenters. The molecule has 0 unspecified atom stereocenters. The van der Waals surface area contributed by atoms with E-state index in [0.29, 0.717) is 13.0 Å². The topological polar surface area (TPSA) is 126 Å². The number of likely N-dealkylation sites (tertiary alicyclic amines) is 1. The molecular weight excluding hydrogens is 488 g/mol. The highest BCUT2D eigenvalue weighted by atomic mass is 16.6. The smallest absolute Gasteiger partial charge is 0.410 e. The van der Waals surface area contributed by atoms with E-state index in [0.717, 1.165) is 35.1 Å². The molecule has 1 fully saturated rings. The molecule has 3 N–H and O–H groups in total. The van der Waals surface area contributed by atoms with Gasteiger partial charge in [-0.2, -0.15) is 0 Å². The highest BCUT2D eigenvalue weighted by Gasteiger charge is 2.35. The Kier molecular flexibility index (Phi) is 8.19. The maximum Gasteiger partial charge on any atom is 0.410 e. The maximum absolute atomic E-state index is 12.7. The third-order valence-electron chi connectivity index (χ3n) is 6.50. The normalized spacial score (nSPS) is 16.6. The van der Waals surface area contributed by atoms with Crippen molar-refractivity contribution in [3.8, 4) is 11.1 Å². The SMILES string of the molecule is CC(C)(C)OC(=O)N1CCCC[C@H]1C(=O)NNC(=O)CNC(=O)OCC1c2ccccc2-c2ccccc21. The minimum absolute atomic E-state index is 0.0929. The van der Waals surface area contributed by atoms with E-state index in [1.54, 1.807) is 20.8 Å². The van der Waals surface area contributed by atoms with Crippen molar-refractivity contribution in [2.24, 2.45) is 0 Å². The number of piperidine rings is 1. The second-order valence-electron chi connectivity index (χ2n) is 10.4. The van der Waals surface area contributed by atoms with Crippen LogP contribution in [0.25, 0.3) is 11.1 Å². The Morgan fingerprint density at radius 3 is 2.18 bits per heavy atom. The fourth-order valence-corrected chi connectivity index (χ4v) is 4.80. The molecule has 2 aliphatic rings. The summed E-state index contributed by atoms with van der Waals surface area (Å²) in [4.78, 5) is 51.1. The monoisotopic (exact) mass is 522 g/mol. The van der Waals surface area contributed by atoms with Gasteiger partial charge in [0.1, 0.15) is 24.8 Å². The highest BCUT2D eigenvalue weighted by Crippen LogP contribution is 2.44. The number of hydrazine groups is 1. The molecule has 0 saturated carbocycles. The molecule has 38 heavy (non-hydrogen) atoms. The number of carbonyl (C=O) groups is 4. The summed E-state index contributed by atoms with van der Waals surface area (Å²) >= 11 is 0. The van der Waals surface area contributed by atoms with Crippen LogP contribution in [0, 0.1) is 0 Å². The molecule has 0 spiro atoms. The molecule has 4 rings (SSSR count). The Balaban J connectivity index is 1.22. The van der Waals surface area contributed by atoms with Gasteiger partial charge in [-0.25, -0.2) is 9.59 Å². The van der Waals surface area contributed by atoms with E-state index in [1.807, 2.05) is 48.5 Å². The minimum atomic E-state index is -0.756. The van der Waals surface area contributed by atoms with Gasteiger partial charge in [0.05, 0.1) is 0 Å². The fraction of sp³-hybridized carbons (Fsp3) is 0.429. The quantitative estimate of drug-likeness (QED) is 0.517. The summed E-state index contributed by atoms with van der Waals surface area (Å²) in [5, 5.41) is 2.40. The summed E-state index contributed by atoms with van der Waals surface area (Å²) < 4.78 is 10.8. The number of hydrogen-bond acceptors (Lipinski definition) is 6. The van der Waals surface area contributed by atoms with E-state index in [1.165, 1.54) is 4.90 Å². The minimum Gasteiger partial charge on any atom is -0.449 e. The number of alkyl carbamates (subject to hydrolysis) is 1. The van der Waals surface area contributed by atoms with Gasteiger partial charge >= 0.3 is 12.2 Å². The number of nitrogens with one attached hydrogen (secondary N) is 3. The van der Waals surface area contributed by atoms with E-state index < -0.39 is 42.2 Å². The van der Waals surface area contributed by atoms with Crippen LogP contribution in [-0.2, 0) is 19.1 Å². The Hall–Kier alpha value is -4.08. The van der Waals surface area contributed by atoms with Gasteiger partial charge in [-0.3, -0.25) is 25.3 Å². The molecule has 1 saturated heterocycles. The van der Waals surface area contributed by atoms with E-state index in [9.17, 15) is 19.2 Å². The molecule has 2 aromatic carbocycles. The number of hydrogen-bond donors (Lipinski definition) is 3. The molecule has 10 heteroatoms. The Morgan fingerprint density at radius 2 is 1.55 bits per heavy atom. The zero-order valence-corrected chi connectivity index (χ0v) is 21.9. The summed E-state index contributed by atoms with van der Waals surface area (Å²) in [6, 6.07) is 15.3. The zero-order chi connectivity index (χ0) is 27.3. The standard InChI is InChI=1S/C28H34N4O6/c1-28(2,3)38-27(36)32-15-9-8-14-23(32)25(34)31-30-24(33)16-29-26(35)37-17-22-20-12-6-4-10-18(20)19-11-5-7-13-21(19)22/h4-7,10-13,22-23H,8-9,14-17H2,1-3H3,(H,29,35)(H,30,33)(H,31,34)/t23-/m0/s1. The van der Waals surface area contributed by atoms with Crippen LogP contribution >= 0.6 is 0 Å². The van der Waals surface area contributed by atoms with Crippen molar-refractivity contribution < 1.29 is 28.7 Å². The first-order chi connectivity index (χ1) is 18.1. The number of amides is 4. The predicted octanol–water partition coefficient (Wildman–Crippen LogP) is 3.46. The number of ether oxygens (including phenoxy) is 2. The van der Waals surface area contributed by atoms with Crippen LogP contribution < -0.4 is 16.2 Å². The number of nitrogens with zero attached hydrogens (tertiary/aromatic N) is 1. The lowest BCUT2D eigenvalue weighted by Crippen LogP contribution is -2.57. The van der Waals surface area contributed by atoms with E-state index >= 15 is 0 Å². The Labute approximate surface area is 222 Å². The molecule has 0 bridgehead atoms. The summed E-state index contributed by atoms with van der Waals surface area (Å²) in [5.41, 5.74) is 8.35. The number of fused-ring (bicyclic) bond motifs is 3. The first-order valence-electron chi connectivity index (χ1n) is 12.8. The van der Waals surface area contributed by atoms with E-state index in [2.05, 4.69) is 16.2 Å². The van der Waals surface area contributed by atoms with Gasteiger partial charge in [0.2, 0.25) is 0 Å². The summed E-state index contributed by atoms with van der Waals surface area (Å²) in [5.74, 6) is -1.25. The van der Waals surface area contributed by atoms with Crippen LogP contribution in [-0.4, -0.2) is 60.2 Å². The van der Waals surface area contributed by atoms with Gasteiger partial charge in [-0.1, -0.05) is 48.5 Å². The van der Waals surface area contributed by atoms with Crippen molar-refractivity contribution in [3.05, 3.63) is 59.7 Å². The lowest BCUT2D eigenvalue weighted by atomic mass is 9.98. The highest BCUT2D eigenvalue weighted by molar-refractivity contribution is 5.89. The largest absolute Gasteiger partial charge is 0.449 e. The summed E-state index contributed by atoms with van der Waals surface area (Å²) in [6.45, 7) is 5.40. The van der Waals surface area contributed by atoms with Gasteiger partial charge in [-0.15, -0.1) is 0 Å². The molecule has 1 heterocycles. The summed E-state index contributed by atoms with van der Waals surface area (Å²) in [6.07, 6.45) is 0.685. The van der Waals surface area contributed by atoms with Gasteiger partial charge in [0, 0.05) is 12.5 Å². The van der Waals surface area contributed by atoms with Crippen molar-refractivity contribution in [1.82, 2.24) is 21.1 Å². The molecule has 2 aromatic rings. The van der Waals surface area contributed by atoms with Crippen LogP contribution in [0.2, 0.25) is 0 Å². The van der Waals surface area contributed by atoms with E-state index in [4.69, 9.17) is 9.47 Å². The first-order valence-corrected chi connectivity index (χ1v) is 12.8. The lowest BCUT2D eigenvalue weighted by Gasteiger charge is -2.35. The van der Waals surface area contributed by atoms with Crippen molar-refractivity contribution in [2.45, 2.75) is 57.6 Å². The second-order valence-corrected chi connectivity index (χ2v) is 10.4. The molecule has 1 aliphatic heterocycles. The summed E-state index contributed by atoms with van der Waals surface area (Å²) in [7, 11) is 0. The molecule has 202 valence electrons. The average Bonchev–Trinajstić information content (AvgIpc) is 3.22. The van der Waals surface area contributed by atoms with Crippen LogP contribution in [0.5, 0.6) is 0 Å². The Bertz CT molecular complexity index is 1160. The number of carbonyl (C=O) groups excluding carboxylic acids is 4. The van der Waals surface area contributed by atoms with Gasteiger partial charge in [0.15, 0.2) is 0 Å². The molecule has 0 radical (unpaired) electrons. The second kappa shape index (κ2) is 11.5. The van der Waals surface area contributed by atoms with Crippen molar-refractivity contribution in [3.63, 3.8) is 0 Å². The van der Waals surface area contributed by atoms with Crippen LogP contribution in [0.3, 0.4) is 0 Å². The van der Waals surface area contributed by atoms with Crippen molar-refractivity contribution in [1.29, 1.82) is 0 Å². The van der Waals surface area contributed by atoms with Crippen molar-refractivity contribution >= 4 is 24.0 Å². The zero-order valence-electron chi connectivity index (χ0n) is 21.9. The predicted molar refractivity (Wildman–Crippen MR) is 140 cm³/mol. The first kappa shape index (κ1) is 27.0. The van der Waals surface area contributed by atoms with Gasteiger partial charge in [0.25, 0.3) is 11.8 Å². The van der Waals surface area contributed by atoms with Crippen LogP contribution in [0.4, 0.5) is 9.59 Å². The fourth-order valence-electron chi connectivity index (χ4n) is 4.80. The van der Waals surface area contributed by atoms with Crippen molar-refractivity contribution in [2.75, 3.05) is 19.7 Å². The third kappa shape index (κ3) is 6.42. The van der Waals surface area contributed by atoms with Gasteiger partial charge < -0.3 is 14.8 Å². The third-order valence-corrected chi connectivity index (χ3v) is 6.50. The maximum atomic E-state index is 12.7. The molecule has 0 aromatic heterocycles. The van der Waals surface area contributed by atoms with Crippen LogP contribution in [0.1, 0.15) is 57.1 Å². The molecule has 10 nitrogen and oxygen atoms in total. The lowest BCUT2D eigenvalue weighted by molar-refractivity contribution is -0.132. The molecule has 1 aliphatic carbocycles.